The minimum atomic E-state index is -3.05. The number of amides is 1. The zero-order valence-electron chi connectivity index (χ0n) is 15.0. The Morgan fingerprint density at radius 2 is 1.71 bits per heavy atom. The minimum Gasteiger partial charge on any atom is -0.592 e. The molecule has 0 aromatic rings. The molecule has 0 aliphatic heterocycles. The number of halogens is 2. The van der Waals surface area contributed by atoms with Gasteiger partial charge in [0.1, 0.15) is 10.3 Å². The molecule has 0 aliphatic carbocycles. The number of nitrogens with zero attached hydrogens (tertiary/aromatic N) is 1. The van der Waals surface area contributed by atoms with Gasteiger partial charge in [-0.3, -0.25) is 0 Å². The van der Waals surface area contributed by atoms with Crippen LogP contribution in [0.4, 0.5) is 13.6 Å². The van der Waals surface area contributed by atoms with Crippen molar-refractivity contribution >= 4 is 23.4 Å². The molecule has 0 bridgehead atoms. The van der Waals surface area contributed by atoms with Crippen LogP contribution in [0, 0.1) is 0 Å². The van der Waals surface area contributed by atoms with Crippen molar-refractivity contribution in [1.29, 1.82) is 0 Å². The van der Waals surface area contributed by atoms with Gasteiger partial charge in [0, 0.05) is 6.08 Å². The Morgan fingerprint density at radius 1 is 1.21 bits per heavy atom. The summed E-state index contributed by atoms with van der Waals surface area (Å²) in [4.78, 5) is 24.4. The van der Waals surface area contributed by atoms with Gasteiger partial charge in [-0.1, -0.05) is 4.31 Å². The van der Waals surface area contributed by atoms with Crippen LogP contribution >= 0.6 is 0 Å². The van der Waals surface area contributed by atoms with E-state index in [9.17, 15) is 22.9 Å². The molecule has 9 heteroatoms. The molecule has 0 aromatic heterocycles. The Hall–Kier alpha value is -1.35. The first-order valence-corrected chi connectivity index (χ1v) is 8.43. The molecule has 0 aliphatic rings. The van der Waals surface area contributed by atoms with E-state index in [0.29, 0.717) is 4.31 Å². The summed E-state index contributed by atoms with van der Waals surface area (Å²) in [5.74, 6) is -1.18. The summed E-state index contributed by atoms with van der Waals surface area (Å²) in [6.45, 7) is 10.7. The maximum atomic E-state index is 12.8. The smallest absolute Gasteiger partial charge is 0.457 e. The lowest BCUT2D eigenvalue weighted by molar-refractivity contribution is -0.139. The second kappa shape index (κ2) is 8.66. The first-order valence-electron chi connectivity index (χ1n) is 7.33. The topological polar surface area (TPSA) is 78.9 Å². The second-order valence-electron chi connectivity index (χ2n) is 6.74. The highest BCUT2D eigenvalue weighted by Crippen LogP contribution is 2.27. The Labute approximate surface area is 144 Å². The molecule has 1 atom stereocenters. The van der Waals surface area contributed by atoms with E-state index in [1.807, 2.05) is 0 Å². The molecule has 1 amide bonds. The molecule has 0 heterocycles. The Bertz CT molecular complexity index is 483. The summed E-state index contributed by atoms with van der Waals surface area (Å²) in [6.07, 6.45) is -3.99. The monoisotopic (exact) mass is 369 g/mol. The number of ether oxygens (including phenoxy) is 2. The average Bonchev–Trinajstić information content (AvgIpc) is 2.34. The fourth-order valence-electron chi connectivity index (χ4n) is 1.38. The summed E-state index contributed by atoms with van der Waals surface area (Å²) in [6, 6.07) is 0. The largest absolute Gasteiger partial charge is 0.592 e. The zero-order valence-corrected chi connectivity index (χ0v) is 15.8. The Morgan fingerprint density at radius 3 is 2.04 bits per heavy atom. The predicted molar refractivity (Wildman–Crippen MR) is 86.7 cm³/mol. The molecule has 0 radical (unpaired) electrons. The van der Waals surface area contributed by atoms with Crippen LogP contribution in [0.1, 0.15) is 48.5 Å². The number of hydrogen-bond donors (Lipinski definition) is 0. The quantitative estimate of drug-likeness (QED) is 0.422. The van der Waals surface area contributed by atoms with Crippen molar-refractivity contribution in [3.8, 4) is 0 Å². The number of allylic oxidation sites excluding steroid dienone is 1. The normalized spacial score (nSPS) is 14.4. The SMILES string of the molecule is CCOC(=O)/C(=C\C(F)F)N(C(=O)OC(C)(C)C)[S+]([O-])C(C)(C)C. The van der Waals surface area contributed by atoms with Crippen LogP contribution in [0.2, 0.25) is 0 Å². The minimum absolute atomic E-state index is 0.0935. The van der Waals surface area contributed by atoms with E-state index in [-0.39, 0.29) is 12.7 Å². The first kappa shape index (κ1) is 22.6. The van der Waals surface area contributed by atoms with Gasteiger partial charge in [-0.15, -0.1) is 0 Å². The van der Waals surface area contributed by atoms with Crippen molar-refractivity contribution in [1.82, 2.24) is 4.31 Å². The van der Waals surface area contributed by atoms with E-state index in [2.05, 4.69) is 0 Å². The zero-order chi connectivity index (χ0) is 19.3. The van der Waals surface area contributed by atoms with E-state index >= 15 is 0 Å². The predicted octanol–water partition coefficient (Wildman–Crippen LogP) is 3.40. The molecule has 140 valence electrons. The molecule has 0 aromatic carbocycles. The fraction of sp³-hybridized carbons (Fsp3) is 0.733. The van der Waals surface area contributed by atoms with Crippen molar-refractivity contribution in [2.24, 2.45) is 0 Å². The van der Waals surface area contributed by atoms with Crippen LogP contribution in [0.25, 0.3) is 0 Å². The second-order valence-corrected chi connectivity index (χ2v) is 8.83. The van der Waals surface area contributed by atoms with Gasteiger partial charge in [0.15, 0.2) is 5.70 Å². The lowest BCUT2D eigenvalue weighted by atomic mass is 10.2. The molecule has 1 unspecified atom stereocenters. The van der Waals surface area contributed by atoms with Crippen LogP contribution in [-0.4, -0.2) is 44.3 Å². The van der Waals surface area contributed by atoms with Crippen molar-refractivity contribution in [3.63, 3.8) is 0 Å². The van der Waals surface area contributed by atoms with Gasteiger partial charge in [0.05, 0.1) is 18.0 Å². The molecule has 0 N–H and O–H groups in total. The third-order valence-corrected chi connectivity index (χ3v) is 3.96. The summed E-state index contributed by atoms with van der Waals surface area (Å²) in [5, 5.41) is 0. The molecular formula is C15H25F2NO5S. The summed E-state index contributed by atoms with van der Waals surface area (Å²) in [5.41, 5.74) is -1.78. The van der Waals surface area contributed by atoms with E-state index in [4.69, 9.17) is 9.47 Å². The van der Waals surface area contributed by atoms with Gasteiger partial charge in [-0.25, -0.2) is 18.4 Å². The van der Waals surface area contributed by atoms with Crippen LogP contribution in [0.15, 0.2) is 11.8 Å². The molecule has 0 saturated carbocycles. The molecule has 0 spiro atoms. The van der Waals surface area contributed by atoms with Crippen molar-refractivity contribution in [3.05, 3.63) is 11.8 Å². The maximum absolute atomic E-state index is 12.8. The van der Waals surface area contributed by atoms with Gasteiger partial charge < -0.3 is 14.0 Å². The Kier molecular flexibility index (Phi) is 8.17. The molecular weight excluding hydrogens is 344 g/mol. The van der Waals surface area contributed by atoms with Crippen molar-refractivity contribution in [2.75, 3.05) is 6.61 Å². The first-order chi connectivity index (χ1) is 10.7. The number of esters is 1. The molecule has 0 fully saturated rings. The van der Waals surface area contributed by atoms with Crippen LogP contribution in [0.5, 0.6) is 0 Å². The standard InChI is InChI=1S/C15H25F2NO5S/c1-8-22-12(19)10(9-11(16)17)18(24(21)15(5,6)7)13(20)23-14(2,3)4/h9,11H,8H2,1-7H3/b10-9+. The van der Waals surface area contributed by atoms with Crippen molar-refractivity contribution in [2.45, 2.75) is 65.2 Å². The number of rotatable bonds is 5. The van der Waals surface area contributed by atoms with Gasteiger partial charge in [-0.2, -0.15) is 0 Å². The van der Waals surface area contributed by atoms with Gasteiger partial charge >= 0.3 is 12.1 Å². The third kappa shape index (κ3) is 7.48. The van der Waals surface area contributed by atoms with E-state index < -0.39 is 45.9 Å². The highest BCUT2D eigenvalue weighted by atomic mass is 32.2. The summed E-state index contributed by atoms with van der Waals surface area (Å²) >= 11 is -2.15. The van der Waals surface area contributed by atoms with Crippen LogP contribution < -0.4 is 0 Å². The molecule has 24 heavy (non-hydrogen) atoms. The summed E-state index contributed by atoms with van der Waals surface area (Å²) in [7, 11) is 0. The highest BCUT2D eigenvalue weighted by molar-refractivity contribution is 7.91. The average molecular weight is 369 g/mol. The van der Waals surface area contributed by atoms with Crippen molar-refractivity contribution < 1.29 is 32.4 Å². The lowest BCUT2D eigenvalue weighted by Crippen LogP contribution is -2.49. The van der Waals surface area contributed by atoms with Crippen LogP contribution in [-0.2, 0) is 25.6 Å². The van der Waals surface area contributed by atoms with E-state index in [0.717, 1.165) is 0 Å². The summed E-state index contributed by atoms with van der Waals surface area (Å²) < 4.78 is 47.6. The third-order valence-electron chi connectivity index (χ3n) is 2.24. The molecule has 0 rings (SSSR count). The van der Waals surface area contributed by atoms with Gasteiger partial charge in [0.25, 0.3) is 6.43 Å². The number of hydrogen-bond acceptors (Lipinski definition) is 5. The van der Waals surface area contributed by atoms with E-state index in [1.54, 1.807) is 20.8 Å². The number of carbonyl (C=O) groups excluding carboxylic acids is 2. The van der Waals surface area contributed by atoms with Crippen LogP contribution in [0.3, 0.4) is 0 Å². The molecule has 6 nitrogen and oxygen atoms in total. The van der Waals surface area contributed by atoms with Gasteiger partial charge in [0.2, 0.25) is 0 Å². The highest BCUT2D eigenvalue weighted by Gasteiger charge is 2.44. The Balaban J connectivity index is 6.03. The van der Waals surface area contributed by atoms with E-state index in [1.165, 1.54) is 27.7 Å². The lowest BCUT2D eigenvalue weighted by Gasteiger charge is -2.33. The molecule has 0 saturated heterocycles. The number of alkyl halides is 2. The maximum Gasteiger partial charge on any atom is 0.457 e. The van der Waals surface area contributed by atoms with Gasteiger partial charge in [-0.05, 0) is 48.5 Å². The number of carbonyl (C=O) groups is 2. The fourth-order valence-corrected chi connectivity index (χ4v) is 2.41.